The molecular weight excluding hydrogens is 641 g/mol. The van der Waals surface area contributed by atoms with E-state index in [0.717, 1.165) is 9.87 Å². The maximum absolute atomic E-state index is 14.4. The van der Waals surface area contributed by atoms with Gasteiger partial charge in [0.1, 0.15) is 12.6 Å². The number of rotatable bonds is 12. The molecule has 1 unspecified atom stereocenters. The molecule has 0 saturated carbocycles. The summed E-state index contributed by atoms with van der Waals surface area (Å²) in [5, 5.41) is 3.81. The molecule has 7 nitrogen and oxygen atoms in total. The van der Waals surface area contributed by atoms with Gasteiger partial charge < -0.3 is 10.2 Å². The van der Waals surface area contributed by atoms with E-state index in [0.29, 0.717) is 27.7 Å². The fraction of sp³-hybridized carbons (Fsp3) is 0.212. The molecule has 0 bridgehead atoms. The summed E-state index contributed by atoms with van der Waals surface area (Å²) in [5.41, 5.74) is 2.19. The largest absolute Gasteiger partial charge is 0.355 e. The molecule has 4 aromatic rings. The zero-order chi connectivity index (χ0) is 31.9. The van der Waals surface area contributed by atoms with Crippen LogP contribution in [0.25, 0.3) is 0 Å². The normalized spacial score (nSPS) is 11.9. The minimum atomic E-state index is -4.23. The number of nitrogens with zero attached hydrogens (tertiary/aromatic N) is 2. The second kappa shape index (κ2) is 14.9. The van der Waals surface area contributed by atoms with Crippen molar-refractivity contribution in [2.75, 3.05) is 17.4 Å². The molecule has 0 spiro atoms. The van der Waals surface area contributed by atoms with Crippen LogP contribution < -0.4 is 9.62 Å². The first kappa shape index (κ1) is 33.3. The number of sulfonamides is 1. The van der Waals surface area contributed by atoms with E-state index in [2.05, 4.69) is 5.32 Å². The minimum Gasteiger partial charge on any atom is -0.355 e. The Kier molecular flexibility index (Phi) is 11.3. The molecule has 0 radical (unpaired) electrons. The molecule has 0 heterocycles. The van der Waals surface area contributed by atoms with E-state index in [-0.39, 0.29) is 34.5 Å². The first-order valence-electron chi connectivity index (χ1n) is 13.9. The zero-order valence-electron chi connectivity index (χ0n) is 24.2. The molecule has 0 saturated heterocycles. The number of nitrogens with one attached hydrogen (secondary N) is 1. The third-order valence-electron chi connectivity index (χ3n) is 7.08. The maximum Gasteiger partial charge on any atom is 0.264 e. The number of benzene rings is 4. The second-order valence-corrected chi connectivity index (χ2v) is 13.2. The number of amides is 2. The van der Waals surface area contributed by atoms with E-state index in [1.54, 1.807) is 68.4 Å². The van der Waals surface area contributed by atoms with Gasteiger partial charge in [0, 0.05) is 24.5 Å². The average molecular weight is 673 g/mol. The molecule has 0 aliphatic rings. The Labute approximate surface area is 273 Å². The van der Waals surface area contributed by atoms with Crippen molar-refractivity contribution in [3.8, 4) is 0 Å². The Bertz CT molecular complexity index is 1720. The Morgan fingerprint density at radius 3 is 2.09 bits per heavy atom. The Hall–Kier alpha value is -3.56. The van der Waals surface area contributed by atoms with Crippen LogP contribution >= 0.6 is 34.8 Å². The fourth-order valence-electron chi connectivity index (χ4n) is 4.78. The summed E-state index contributed by atoms with van der Waals surface area (Å²) in [4.78, 5) is 29.4. The van der Waals surface area contributed by atoms with Gasteiger partial charge >= 0.3 is 0 Å². The van der Waals surface area contributed by atoms with Gasteiger partial charge in [-0.05, 0) is 66.9 Å². The molecule has 2 amide bonds. The predicted octanol–water partition coefficient (Wildman–Crippen LogP) is 6.93. The zero-order valence-corrected chi connectivity index (χ0v) is 27.3. The number of likely N-dealkylation sites (N-methyl/N-ethyl adjacent to an activating group) is 1. The van der Waals surface area contributed by atoms with Gasteiger partial charge in [0.05, 0.1) is 20.6 Å². The van der Waals surface area contributed by atoms with Gasteiger partial charge in [-0.25, -0.2) is 8.42 Å². The minimum absolute atomic E-state index is 0.00719. The van der Waals surface area contributed by atoms with Crippen molar-refractivity contribution in [2.24, 2.45) is 0 Å². The van der Waals surface area contributed by atoms with Crippen molar-refractivity contribution in [1.29, 1.82) is 0 Å². The van der Waals surface area contributed by atoms with Crippen LogP contribution in [0.5, 0.6) is 0 Å². The van der Waals surface area contributed by atoms with Gasteiger partial charge in [-0.2, -0.15) is 0 Å². The van der Waals surface area contributed by atoms with Crippen LogP contribution in [-0.4, -0.2) is 44.3 Å². The summed E-state index contributed by atoms with van der Waals surface area (Å²) >= 11 is 18.9. The number of hydrogen-bond donors (Lipinski definition) is 1. The van der Waals surface area contributed by atoms with Gasteiger partial charge in [0.15, 0.2) is 0 Å². The van der Waals surface area contributed by atoms with Crippen LogP contribution in [-0.2, 0) is 32.6 Å². The molecule has 0 aromatic heterocycles. The Balaban J connectivity index is 1.83. The summed E-state index contributed by atoms with van der Waals surface area (Å²) in [5.74, 6) is -0.969. The molecule has 11 heteroatoms. The standard InChI is InChI=1S/C33H32Cl3N3O4S/c1-3-37-33(41)31(20-24-11-6-4-7-12-24)38(21-25-17-18-28(35)29(36)19-25)32(40)22-39(30-16-10-15-27(34)23(30)2)44(42,43)26-13-8-5-9-14-26/h4-19,31H,3,20-22H2,1-2H3,(H,37,41). The van der Waals surface area contributed by atoms with Crippen molar-refractivity contribution in [2.45, 2.75) is 37.8 Å². The lowest BCUT2D eigenvalue weighted by atomic mass is 10.0. The molecule has 0 aliphatic heterocycles. The lowest BCUT2D eigenvalue weighted by molar-refractivity contribution is -0.140. The van der Waals surface area contributed by atoms with Crippen molar-refractivity contribution in [3.05, 3.63) is 129 Å². The van der Waals surface area contributed by atoms with Crippen LogP contribution in [0, 0.1) is 6.92 Å². The molecule has 4 aromatic carbocycles. The van der Waals surface area contributed by atoms with Crippen molar-refractivity contribution >= 4 is 62.3 Å². The van der Waals surface area contributed by atoms with Crippen LogP contribution in [0.15, 0.2) is 102 Å². The molecule has 0 aliphatic carbocycles. The van der Waals surface area contributed by atoms with E-state index in [1.165, 1.54) is 17.0 Å². The lowest BCUT2D eigenvalue weighted by Gasteiger charge is -2.34. The van der Waals surface area contributed by atoms with Gasteiger partial charge in [0.2, 0.25) is 11.8 Å². The number of carbonyl (C=O) groups is 2. The quantitative estimate of drug-likeness (QED) is 0.177. The van der Waals surface area contributed by atoms with Gasteiger partial charge in [-0.1, -0.05) is 95.5 Å². The highest BCUT2D eigenvalue weighted by Crippen LogP contribution is 2.31. The second-order valence-electron chi connectivity index (χ2n) is 10.1. The number of halogens is 3. The number of carbonyl (C=O) groups excluding carboxylic acids is 2. The first-order chi connectivity index (χ1) is 21.0. The molecule has 230 valence electrons. The summed E-state index contributed by atoms with van der Waals surface area (Å²) in [6.45, 7) is 3.20. The maximum atomic E-state index is 14.4. The predicted molar refractivity (Wildman–Crippen MR) is 177 cm³/mol. The number of hydrogen-bond acceptors (Lipinski definition) is 4. The van der Waals surface area contributed by atoms with E-state index in [9.17, 15) is 18.0 Å². The van der Waals surface area contributed by atoms with Gasteiger partial charge in [-0.3, -0.25) is 13.9 Å². The molecular formula is C33H32Cl3N3O4S. The third-order valence-corrected chi connectivity index (χ3v) is 10.00. The highest BCUT2D eigenvalue weighted by atomic mass is 35.5. The van der Waals surface area contributed by atoms with Crippen LogP contribution in [0.2, 0.25) is 15.1 Å². The molecule has 1 atom stereocenters. The van der Waals surface area contributed by atoms with Crippen molar-refractivity contribution < 1.29 is 18.0 Å². The lowest BCUT2D eigenvalue weighted by Crippen LogP contribution is -2.53. The monoisotopic (exact) mass is 671 g/mol. The summed E-state index contributed by atoms with van der Waals surface area (Å²) in [7, 11) is -4.23. The average Bonchev–Trinajstić information content (AvgIpc) is 3.02. The van der Waals surface area contributed by atoms with E-state index < -0.39 is 28.5 Å². The molecule has 1 N–H and O–H groups in total. The van der Waals surface area contributed by atoms with Crippen LogP contribution in [0.3, 0.4) is 0 Å². The smallest absolute Gasteiger partial charge is 0.264 e. The van der Waals surface area contributed by atoms with Gasteiger partial charge in [-0.15, -0.1) is 0 Å². The third kappa shape index (κ3) is 7.93. The molecule has 4 rings (SSSR count). The highest BCUT2D eigenvalue weighted by Gasteiger charge is 2.35. The topological polar surface area (TPSA) is 86.8 Å². The first-order valence-corrected chi connectivity index (χ1v) is 16.5. The van der Waals surface area contributed by atoms with Crippen molar-refractivity contribution in [3.63, 3.8) is 0 Å². The van der Waals surface area contributed by atoms with E-state index >= 15 is 0 Å². The highest BCUT2D eigenvalue weighted by molar-refractivity contribution is 7.92. The molecule has 0 fully saturated rings. The van der Waals surface area contributed by atoms with E-state index in [4.69, 9.17) is 34.8 Å². The Morgan fingerprint density at radius 1 is 0.795 bits per heavy atom. The van der Waals surface area contributed by atoms with Crippen LogP contribution in [0.1, 0.15) is 23.6 Å². The SMILES string of the molecule is CCNC(=O)C(Cc1ccccc1)N(Cc1ccc(Cl)c(Cl)c1)C(=O)CN(c1cccc(Cl)c1C)S(=O)(=O)c1ccccc1. The Morgan fingerprint density at radius 2 is 1.45 bits per heavy atom. The fourth-order valence-corrected chi connectivity index (χ4v) is 6.76. The van der Waals surface area contributed by atoms with Crippen LogP contribution in [0.4, 0.5) is 5.69 Å². The van der Waals surface area contributed by atoms with Crippen molar-refractivity contribution in [1.82, 2.24) is 10.2 Å². The van der Waals surface area contributed by atoms with E-state index in [1.807, 2.05) is 30.3 Å². The number of anilines is 1. The molecule has 44 heavy (non-hydrogen) atoms. The summed E-state index contributed by atoms with van der Waals surface area (Å²) in [6, 6.07) is 26.0. The summed E-state index contributed by atoms with van der Waals surface area (Å²) in [6.07, 6.45) is 0.196. The summed E-state index contributed by atoms with van der Waals surface area (Å²) < 4.78 is 29.2. The van der Waals surface area contributed by atoms with Gasteiger partial charge in [0.25, 0.3) is 10.0 Å².